The Labute approximate surface area is 114 Å². The molecule has 0 atom stereocenters. The molecule has 1 heterocycles. The first-order valence-corrected chi connectivity index (χ1v) is 5.66. The van der Waals surface area contributed by atoms with Gasteiger partial charge in [-0.05, 0) is 30.3 Å². The number of hydrogen-bond donors (Lipinski definition) is 1. The van der Waals surface area contributed by atoms with Crippen LogP contribution in [0.15, 0.2) is 42.6 Å². The zero-order valence-electron chi connectivity index (χ0n) is 10.6. The van der Waals surface area contributed by atoms with Crippen molar-refractivity contribution in [3.63, 3.8) is 0 Å². The number of hydrogen-bond acceptors (Lipinski definition) is 6. The van der Waals surface area contributed by atoms with E-state index in [0.29, 0.717) is 11.3 Å². The number of nitrogens with zero attached hydrogens (tertiary/aromatic N) is 2. The van der Waals surface area contributed by atoms with Crippen LogP contribution in [0.4, 0.5) is 17.2 Å². The van der Waals surface area contributed by atoms with E-state index >= 15 is 0 Å². The molecule has 0 bridgehead atoms. The molecule has 0 amide bonds. The normalized spacial score (nSPS) is 9.85. The molecule has 2 rings (SSSR count). The quantitative estimate of drug-likeness (QED) is 0.522. The average molecular weight is 273 g/mol. The molecule has 2 aromatic rings. The van der Waals surface area contributed by atoms with Gasteiger partial charge in [0.05, 0.1) is 17.6 Å². The Hall–Kier alpha value is -2.96. The highest BCUT2D eigenvalue weighted by Crippen LogP contribution is 2.24. The third kappa shape index (κ3) is 2.89. The van der Waals surface area contributed by atoms with E-state index < -0.39 is 10.9 Å². The van der Waals surface area contributed by atoms with E-state index in [-0.39, 0.29) is 11.5 Å². The van der Waals surface area contributed by atoms with Crippen molar-refractivity contribution in [2.24, 2.45) is 0 Å². The smallest absolute Gasteiger partial charge is 0.337 e. The van der Waals surface area contributed by atoms with E-state index in [9.17, 15) is 14.9 Å². The molecule has 1 N–H and O–H groups in total. The van der Waals surface area contributed by atoms with Crippen molar-refractivity contribution < 1.29 is 14.5 Å². The second-order valence-electron chi connectivity index (χ2n) is 3.82. The number of methoxy groups -OCH3 is 1. The second kappa shape index (κ2) is 5.79. The molecule has 102 valence electrons. The van der Waals surface area contributed by atoms with Crippen molar-refractivity contribution >= 4 is 23.2 Å². The fourth-order valence-electron chi connectivity index (χ4n) is 1.58. The lowest BCUT2D eigenvalue weighted by atomic mass is 10.2. The number of esters is 1. The highest BCUT2D eigenvalue weighted by molar-refractivity contribution is 5.89. The van der Waals surface area contributed by atoms with Crippen molar-refractivity contribution in [1.29, 1.82) is 0 Å². The Balaban J connectivity index is 2.23. The molecule has 0 fully saturated rings. The number of aromatic nitrogens is 1. The van der Waals surface area contributed by atoms with Crippen LogP contribution in [0.25, 0.3) is 0 Å². The fraction of sp³-hybridized carbons (Fsp3) is 0.0769. The first-order valence-electron chi connectivity index (χ1n) is 5.66. The number of pyridine rings is 1. The number of nitro groups is 1. The van der Waals surface area contributed by atoms with Crippen molar-refractivity contribution in [1.82, 2.24) is 4.98 Å². The zero-order valence-corrected chi connectivity index (χ0v) is 10.6. The molecular formula is C13H11N3O4. The van der Waals surface area contributed by atoms with Gasteiger partial charge in [0, 0.05) is 18.0 Å². The van der Waals surface area contributed by atoms with Gasteiger partial charge in [-0.1, -0.05) is 0 Å². The monoisotopic (exact) mass is 273 g/mol. The van der Waals surface area contributed by atoms with E-state index in [2.05, 4.69) is 15.0 Å². The molecule has 20 heavy (non-hydrogen) atoms. The number of rotatable bonds is 4. The average Bonchev–Trinajstić information content (AvgIpc) is 2.47. The number of carbonyl (C=O) groups excluding carboxylic acids is 1. The summed E-state index contributed by atoms with van der Waals surface area (Å²) in [7, 11) is 1.30. The van der Waals surface area contributed by atoms with Crippen molar-refractivity contribution in [3.8, 4) is 0 Å². The number of benzene rings is 1. The lowest BCUT2D eigenvalue weighted by molar-refractivity contribution is -0.384. The van der Waals surface area contributed by atoms with Crippen LogP contribution < -0.4 is 5.32 Å². The Kier molecular flexibility index (Phi) is 3.90. The minimum atomic E-state index is -0.516. The molecule has 0 aliphatic heterocycles. The number of nitrogens with one attached hydrogen (secondary N) is 1. The Bertz CT molecular complexity index is 640. The summed E-state index contributed by atoms with van der Waals surface area (Å²) in [5.74, 6) is -0.302. The van der Waals surface area contributed by atoms with Crippen LogP contribution >= 0.6 is 0 Å². The van der Waals surface area contributed by atoms with E-state index in [0.717, 1.165) is 0 Å². The van der Waals surface area contributed by atoms with E-state index in [1.54, 1.807) is 24.3 Å². The molecule has 0 aliphatic rings. The minimum Gasteiger partial charge on any atom is -0.465 e. The SMILES string of the molecule is COC(=O)c1ccc(Nc2ncccc2[N+](=O)[O-])cc1. The topological polar surface area (TPSA) is 94.4 Å². The van der Waals surface area contributed by atoms with Crippen LogP contribution in [-0.4, -0.2) is 23.0 Å². The summed E-state index contributed by atoms with van der Waals surface area (Å²) >= 11 is 0. The van der Waals surface area contributed by atoms with Gasteiger partial charge in [-0.2, -0.15) is 0 Å². The summed E-state index contributed by atoms with van der Waals surface area (Å²) in [5.41, 5.74) is 0.859. The molecule has 0 saturated carbocycles. The summed E-state index contributed by atoms with van der Waals surface area (Å²) in [4.78, 5) is 25.5. The predicted molar refractivity (Wildman–Crippen MR) is 72.0 cm³/mol. The number of ether oxygens (including phenoxy) is 1. The second-order valence-corrected chi connectivity index (χ2v) is 3.82. The van der Waals surface area contributed by atoms with Crippen molar-refractivity contribution in [2.45, 2.75) is 0 Å². The third-order valence-electron chi connectivity index (χ3n) is 2.55. The van der Waals surface area contributed by atoms with Gasteiger partial charge in [0.25, 0.3) is 0 Å². The lowest BCUT2D eigenvalue weighted by Crippen LogP contribution is -2.02. The lowest BCUT2D eigenvalue weighted by Gasteiger charge is -2.06. The molecule has 7 nitrogen and oxygen atoms in total. The Morgan fingerprint density at radius 1 is 1.30 bits per heavy atom. The van der Waals surface area contributed by atoms with E-state index in [1.807, 2.05) is 0 Å². The molecule has 0 spiro atoms. The van der Waals surface area contributed by atoms with Gasteiger partial charge in [-0.3, -0.25) is 10.1 Å². The van der Waals surface area contributed by atoms with E-state index in [4.69, 9.17) is 0 Å². The zero-order chi connectivity index (χ0) is 14.5. The predicted octanol–water partition coefficient (Wildman–Crippen LogP) is 2.52. The largest absolute Gasteiger partial charge is 0.465 e. The van der Waals surface area contributed by atoms with Crippen LogP contribution in [0.3, 0.4) is 0 Å². The molecule has 7 heteroatoms. The van der Waals surface area contributed by atoms with Gasteiger partial charge < -0.3 is 10.1 Å². The Morgan fingerprint density at radius 2 is 2.00 bits per heavy atom. The van der Waals surface area contributed by atoms with E-state index in [1.165, 1.54) is 25.4 Å². The van der Waals surface area contributed by atoms with Crippen molar-refractivity contribution in [2.75, 3.05) is 12.4 Å². The molecular weight excluding hydrogens is 262 g/mol. The van der Waals surface area contributed by atoms with Gasteiger partial charge in [-0.25, -0.2) is 9.78 Å². The molecule has 0 aliphatic carbocycles. The van der Waals surface area contributed by atoms with Gasteiger partial charge in [-0.15, -0.1) is 0 Å². The number of carbonyl (C=O) groups is 1. The van der Waals surface area contributed by atoms with Crippen LogP contribution in [-0.2, 0) is 4.74 Å². The van der Waals surface area contributed by atoms with Gasteiger partial charge >= 0.3 is 11.7 Å². The summed E-state index contributed by atoms with van der Waals surface area (Å²) < 4.78 is 4.58. The Morgan fingerprint density at radius 3 is 2.60 bits per heavy atom. The highest BCUT2D eigenvalue weighted by Gasteiger charge is 2.14. The molecule has 0 saturated heterocycles. The molecule has 0 unspecified atom stereocenters. The maximum atomic E-state index is 11.3. The summed E-state index contributed by atoms with van der Waals surface area (Å²) in [5, 5.41) is 13.7. The van der Waals surface area contributed by atoms with Crippen LogP contribution in [0.5, 0.6) is 0 Å². The van der Waals surface area contributed by atoms with Gasteiger partial charge in [0.2, 0.25) is 5.82 Å². The van der Waals surface area contributed by atoms with Gasteiger partial charge in [0.1, 0.15) is 0 Å². The first-order chi connectivity index (χ1) is 9.61. The molecule has 1 aromatic carbocycles. The van der Waals surface area contributed by atoms with Crippen LogP contribution in [0.1, 0.15) is 10.4 Å². The maximum Gasteiger partial charge on any atom is 0.337 e. The third-order valence-corrected chi connectivity index (χ3v) is 2.55. The number of anilines is 2. The van der Waals surface area contributed by atoms with Gasteiger partial charge in [0.15, 0.2) is 0 Å². The molecule has 0 radical (unpaired) electrons. The highest BCUT2D eigenvalue weighted by atomic mass is 16.6. The summed E-state index contributed by atoms with van der Waals surface area (Å²) in [6.45, 7) is 0. The molecule has 1 aromatic heterocycles. The first kappa shape index (κ1) is 13.5. The summed E-state index contributed by atoms with van der Waals surface area (Å²) in [6, 6.07) is 9.20. The van der Waals surface area contributed by atoms with Crippen molar-refractivity contribution in [3.05, 3.63) is 58.3 Å². The van der Waals surface area contributed by atoms with Crippen LogP contribution in [0.2, 0.25) is 0 Å². The van der Waals surface area contributed by atoms with Crippen LogP contribution in [0, 0.1) is 10.1 Å². The summed E-state index contributed by atoms with van der Waals surface area (Å²) in [6.07, 6.45) is 1.46. The minimum absolute atomic E-state index is 0.121. The standard InChI is InChI=1S/C13H11N3O4/c1-20-13(17)9-4-6-10(7-5-9)15-12-11(16(18)19)3-2-8-14-12/h2-8H,1H3,(H,14,15). The fourth-order valence-corrected chi connectivity index (χ4v) is 1.58. The maximum absolute atomic E-state index is 11.3.